The molecule has 1 fully saturated rings. The molecule has 1 saturated carbocycles. The number of nitrogens with two attached hydrogens (primary N) is 1. The molecule has 0 bridgehead atoms. The number of aromatic nitrogens is 2. The summed E-state index contributed by atoms with van der Waals surface area (Å²) in [6.45, 7) is 3.30. The van der Waals surface area contributed by atoms with Gasteiger partial charge in [-0.3, -0.25) is 0 Å². The molecule has 0 aromatic carbocycles. The van der Waals surface area contributed by atoms with Crippen LogP contribution in [0.25, 0.3) is 0 Å². The van der Waals surface area contributed by atoms with E-state index in [1.54, 1.807) is 6.20 Å². The van der Waals surface area contributed by atoms with Crippen LogP contribution in [0.2, 0.25) is 0 Å². The third kappa shape index (κ3) is 2.62. The fraction of sp³-hybridized carbons (Fsp3) is 0.667. The van der Waals surface area contributed by atoms with Crippen molar-refractivity contribution < 1.29 is 0 Å². The number of anilines is 2. The minimum atomic E-state index is 0.398. The van der Waals surface area contributed by atoms with Gasteiger partial charge in [0.1, 0.15) is 6.33 Å². The van der Waals surface area contributed by atoms with Crippen molar-refractivity contribution in [2.24, 2.45) is 5.41 Å². The summed E-state index contributed by atoms with van der Waals surface area (Å²) in [4.78, 5) is 8.03. The number of nitrogens with one attached hydrogen (secondary N) is 1. The average molecular weight is 220 g/mol. The van der Waals surface area contributed by atoms with Gasteiger partial charge in [-0.1, -0.05) is 26.2 Å². The smallest absolute Gasteiger partial charge is 0.152 e. The van der Waals surface area contributed by atoms with Crippen molar-refractivity contribution >= 4 is 11.5 Å². The molecule has 2 rings (SSSR count). The van der Waals surface area contributed by atoms with E-state index < -0.39 is 0 Å². The molecule has 16 heavy (non-hydrogen) atoms. The number of nitrogens with zero attached hydrogens (tertiary/aromatic N) is 2. The zero-order valence-corrected chi connectivity index (χ0v) is 9.87. The minimum Gasteiger partial charge on any atom is -0.394 e. The zero-order valence-electron chi connectivity index (χ0n) is 9.87. The van der Waals surface area contributed by atoms with Crippen molar-refractivity contribution in [2.75, 3.05) is 17.6 Å². The van der Waals surface area contributed by atoms with Gasteiger partial charge in [-0.2, -0.15) is 0 Å². The molecule has 1 aromatic rings. The molecule has 1 aliphatic carbocycles. The van der Waals surface area contributed by atoms with Crippen LogP contribution >= 0.6 is 0 Å². The van der Waals surface area contributed by atoms with E-state index in [4.69, 9.17) is 5.73 Å². The van der Waals surface area contributed by atoms with Crippen molar-refractivity contribution in [2.45, 2.75) is 39.0 Å². The Balaban J connectivity index is 1.94. The lowest BCUT2D eigenvalue weighted by atomic mass is 9.76. The normalized spacial score (nSPS) is 19.3. The average Bonchev–Trinajstić information content (AvgIpc) is 2.29. The summed E-state index contributed by atoms with van der Waals surface area (Å²) in [6, 6.07) is 0. The number of hydrogen-bond donors (Lipinski definition) is 2. The van der Waals surface area contributed by atoms with E-state index in [9.17, 15) is 0 Å². The van der Waals surface area contributed by atoms with Crippen LogP contribution in [0.4, 0.5) is 11.5 Å². The predicted octanol–water partition coefficient (Wildman–Crippen LogP) is 2.44. The maximum absolute atomic E-state index is 5.79. The monoisotopic (exact) mass is 220 g/mol. The molecule has 1 aromatic heterocycles. The summed E-state index contributed by atoms with van der Waals surface area (Å²) in [6.07, 6.45) is 9.83. The molecule has 0 saturated heterocycles. The van der Waals surface area contributed by atoms with Gasteiger partial charge in [0.25, 0.3) is 0 Å². The second kappa shape index (κ2) is 4.68. The van der Waals surface area contributed by atoms with Gasteiger partial charge in [0.05, 0.1) is 11.9 Å². The van der Waals surface area contributed by atoms with E-state index in [0.717, 1.165) is 12.4 Å². The maximum Gasteiger partial charge on any atom is 0.152 e. The molecule has 3 N–H and O–H groups in total. The van der Waals surface area contributed by atoms with Crippen LogP contribution in [-0.2, 0) is 0 Å². The Hall–Kier alpha value is -1.32. The fourth-order valence-electron chi connectivity index (χ4n) is 2.37. The Bertz CT molecular complexity index is 345. The molecule has 0 radical (unpaired) electrons. The first-order chi connectivity index (χ1) is 7.70. The van der Waals surface area contributed by atoms with E-state index in [1.807, 2.05) is 0 Å². The second-order valence-electron chi connectivity index (χ2n) is 5.05. The van der Waals surface area contributed by atoms with Crippen LogP contribution in [0, 0.1) is 5.41 Å². The van der Waals surface area contributed by atoms with Crippen LogP contribution in [0.5, 0.6) is 0 Å². The molecule has 0 aliphatic heterocycles. The van der Waals surface area contributed by atoms with Crippen molar-refractivity contribution in [3.05, 3.63) is 12.5 Å². The number of hydrogen-bond acceptors (Lipinski definition) is 4. The van der Waals surface area contributed by atoms with Gasteiger partial charge in [0, 0.05) is 6.54 Å². The lowest BCUT2D eigenvalue weighted by Crippen LogP contribution is -2.29. The summed E-state index contributed by atoms with van der Waals surface area (Å²) < 4.78 is 0. The second-order valence-corrected chi connectivity index (χ2v) is 5.05. The van der Waals surface area contributed by atoms with E-state index in [2.05, 4.69) is 22.2 Å². The highest BCUT2D eigenvalue weighted by atomic mass is 15.0. The Morgan fingerprint density at radius 2 is 2.12 bits per heavy atom. The molecule has 1 aliphatic rings. The van der Waals surface area contributed by atoms with Crippen LogP contribution in [0.15, 0.2) is 12.5 Å². The molecule has 4 heteroatoms. The highest BCUT2D eigenvalue weighted by Crippen LogP contribution is 2.35. The first-order valence-electron chi connectivity index (χ1n) is 5.99. The Morgan fingerprint density at radius 1 is 1.38 bits per heavy atom. The van der Waals surface area contributed by atoms with Crippen LogP contribution < -0.4 is 11.1 Å². The quantitative estimate of drug-likeness (QED) is 0.821. The van der Waals surface area contributed by atoms with Crippen molar-refractivity contribution in [3.8, 4) is 0 Å². The van der Waals surface area contributed by atoms with Crippen molar-refractivity contribution in [3.63, 3.8) is 0 Å². The summed E-state index contributed by atoms with van der Waals surface area (Å²) in [5.41, 5.74) is 6.82. The molecule has 4 nitrogen and oxygen atoms in total. The zero-order chi connectivity index (χ0) is 11.4. The van der Waals surface area contributed by atoms with Crippen molar-refractivity contribution in [1.82, 2.24) is 9.97 Å². The highest BCUT2D eigenvalue weighted by molar-refractivity contribution is 5.58. The van der Waals surface area contributed by atoms with Gasteiger partial charge in [0.15, 0.2) is 5.82 Å². The van der Waals surface area contributed by atoms with E-state index in [1.165, 1.54) is 38.4 Å². The van der Waals surface area contributed by atoms with E-state index in [-0.39, 0.29) is 0 Å². The Kier molecular flexibility index (Phi) is 3.27. The summed E-state index contributed by atoms with van der Waals surface area (Å²) >= 11 is 0. The topological polar surface area (TPSA) is 63.8 Å². The van der Waals surface area contributed by atoms with Gasteiger partial charge >= 0.3 is 0 Å². The van der Waals surface area contributed by atoms with Gasteiger partial charge < -0.3 is 11.1 Å². The molecule has 88 valence electrons. The standard InChI is InChI=1S/C12H20N4/c1-12(5-3-2-4-6-12)8-15-11-10(13)7-14-9-16-11/h7,9H,2-6,8,13H2,1H3,(H,14,15,16). The lowest BCUT2D eigenvalue weighted by molar-refractivity contribution is 0.233. The molecule has 0 amide bonds. The van der Waals surface area contributed by atoms with Gasteiger partial charge in [-0.25, -0.2) is 9.97 Å². The minimum absolute atomic E-state index is 0.398. The third-order valence-corrected chi connectivity index (χ3v) is 3.48. The Morgan fingerprint density at radius 3 is 2.81 bits per heavy atom. The fourth-order valence-corrected chi connectivity index (χ4v) is 2.37. The number of nitrogen functional groups attached to an aromatic ring is 1. The maximum atomic E-state index is 5.79. The van der Waals surface area contributed by atoms with Gasteiger partial charge in [0.2, 0.25) is 0 Å². The first-order valence-corrected chi connectivity index (χ1v) is 5.99. The highest BCUT2D eigenvalue weighted by Gasteiger charge is 2.26. The largest absolute Gasteiger partial charge is 0.394 e. The molecule has 1 heterocycles. The van der Waals surface area contributed by atoms with Crippen LogP contribution in [-0.4, -0.2) is 16.5 Å². The SMILES string of the molecule is CC1(CNc2ncncc2N)CCCCC1. The van der Waals surface area contributed by atoms with Gasteiger partial charge in [-0.05, 0) is 18.3 Å². The van der Waals surface area contributed by atoms with Crippen LogP contribution in [0.3, 0.4) is 0 Å². The summed E-state index contributed by atoms with van der Waals surface area (Å²) in [5, 5.41) is 3.35. The number of rotatable bonds is 3. The molecule has 0 spiro atoms. The van der Waals surface area contributed by atoms with Gasteiger partial charge in [-0.15, -0.1) is 0 Å². The summed E-state index contributed by atoms with van der Waals surface area (Å²) in [5.74, 6) is 0.766. The molecule has 0 unspecified atom stereocenters. The predicted molar refractivity (Wildman–Crippen MR) is 66.1 cm³/mol. The summed E-state index contributed by atoms with van der Waals surface area (Å²) in [7, 11) is 0. The molecular formula is C12H20N4. The molecular weight excluding hydrogens is 200 g/mol. The van der Waals surface area contributed by atoms with E-state index >= 15 is 0 Å². The first kappa shape index (κ1) is 11.2. The lowest BCUT2D eigenvalue weighted by Gasteiger charge is -2.33. The Labute approximate surface area is 96.7 Å². The van der Waals surface area contributed by atoms with Crippen molar-refractivity contribution in [1.29, 1.82) is 0 Å². The molecule has 0 atom stereocenters. The third-order valence-electron chi connectivity index (χ3n) is 3.48. The van der Waals surface area contributed by atoms with Crippen LogP contribution in [0.1, 0.15) is 39.0 Å². The van der Waals surface area contributed by atoms with E-state index in [0.29, 0.717) is 11.1 Å².